The summed E-state index contributed by atoms with van der Waals surface area (Å²) in [6.45, 7) is 8.84. The number of hydrogen-bond acceptors (Lipinski definition) is 2. The van der Waals surface area contributed by atoms with Crippen molar-refractivity contribution < 1.29 is 5.11 Å². The van der Waals surface area contributed by atoms with Crippen LogP contribution in [0.25, 0.3) is 0 Å². The molecule has 1 fully saturated rings. The molecule has 0 aliphatic carbocycles. The first-order valence-electron chi connectivity index (χ1n) is 7.41. The van der Waals surface area contributed by atoms with E-state index < -0.39 is 5.60 Å². The second-order valence-electron chi connectivity index (χ2n) is 6.63. The first kappa shape index (κ1) is 15.0. The highest BCUT2D eigenvalue weighted by atomic mass is 16.3. The molecule has 0 saturated carbocycles. The van der Waals surface area contributed by atoms with Gasteiger partial charge in [-0.15, -0.1) is 0 Å². The van der Waals surface area contributed by atoms with Gasteiger partial charge in [0.15, 0.2) is 0 Å². The Kier molecular flexibility index (Phi) is 5.94. The lowest BCUT2D eigenvalue weighted by molar-refractivity contribution is -0.0291. The highest BCUT2D eigenvalue weighted by Crippen LogP contribution is 2.37. The lowest BCUT2D eigenvalue weighted by Crippen LogP contribution is -2.44. The van der Waals surface area contributed by atoms with E-state index in [0.29, 0.717) is 5.41 Å². The molecule has 0 aromatic rings. The van der Waals surface area contributed by atoms with Gasteiger partial charge < -0.3 is 10.4 Å². The molecule has 0 amide bonds. The Morgan fingerprint density at radius 1 is 1.12 bits per heavy atom. The third-order valence-corrected chi connectivity index (χ3v) is 4.05. The number of hydrogen-bond donors (Lipinski definition) is 2. The molecule has 17 heavy (non-hydrogen) atoms. The Hall–Kier alpha value is -0.0800. The zero-order valence-electron chi connectivity index (χ0n) is 12.0. The smallest absolute Gasteiger partial charge is 0.0677 e. The van der Waals surface area contributed by atoms with Crippen molar-refractivity contribution in [3.63, 3.8) is 0 Å². The summed E-state index contributed by atoms with van der Waals surface area (Å²) in [5.41, 5.74) is -0.112. The van der Waals surface area contributed by atoms with Crippen LogP contribution in [-0.2, 0) is 0 Å². The third kappa shape index (κ3) is 5.87. The molecule has 0 bridgehead atoms. The van der Waals surface area contributed by atoms with Gasteiger partial charge in [-0.25, -0.2) is 0 Å². The Morgan fingerprint density at radius 3 is 2.35 bits per heavy atom. The molecule has 0 aromatic heterocycles. The van der Waals surface area contributed by atoms with Crippen LogP contribution in [0.5, 0.6) is 0 Å². The minimum absolute atomic E-state index is 0.291. The van der Waals surface area contributed by atoms with Crippen LogP contribution < -0.4 is 5.32 Å². The molecule has 1 saturated heterocycles. The normalized spacial score (nSPS) is 20.5. The maximum absolute atomic E-state index is 10.6. The molecule has 2 N–H and O–H groups in total. The van der Waals surface area contributed by atoms with Crippen LogP contribution in [0.3, 0.4) is 0 Å². The van der Waals surface area contributed by atoms with Crippen molar-refractivity contribution in [2.75, 3.05) is 13.1 Å². The van der Waals surface area contributed by atoms with Crippen LogP contribution in [-0.4, -0.2) is 23.8 Å². The highest BCUT2D eigenvalue weighted by Gasteiger charge is 2.35. The Morgan fingerprint density at radius 2 is 1.76 bits per heavy atom. The van der Waals surface area contributed by atoms with Crippen molar-refractivity contribution in [2.45, 2.75) is 77.7 Å². The molecule has 1 aliphatic rings. The fourth-order valence-corrected chi connectivity index (χ4v) is 3.08. The Bertz CT molecular complexity index is 207. The summed E-state index contributed by atoms with van der Waals surface area (Å²) >= 11 is 0. The second-order valence-corrected chi connectivity index (χ2v) is 6.63. The lowest BCUT2D eigenvalue weighted by Gasteiger charge is -2.39. The molecule has 0 spiro atoms. The average Bonchev–Trinajstić information content (AvgIpc) is 2.24. The number of piperidine rings is 1. The van der Waals surface area contributed by atoms with E-state index in [1.54, 1.807) is 0 Å². The van der Waals surface area contributed by atoms with Crippen LogP contribution in [0, 0.1) is 5.41 Å². The Balaban J connectivity index is 2.31. The monoisotopic (exact) mass is 241 g/mol. The lowest BCUT2D eigenvalue weighted by atomic mass is 9.73. The molecule has 1 rings (SSSR count). The fourth-order valence-electron chi connectivity index (χ4n) is 3.08. The van der Waals surface area contributed by atoms with Crippen LogP contribution in [0.2, 0.25) is 0 Å². The summed E-state index contributed by atoms with van der Waals surface area (Å²) in [5, 5.41) is 13.9. The van der Waals surface area contributed by atoms with E-state index in [9.17, 15) is 5.11 Å². The van der Waals surface area contributed by atoms with E-state index in [1.807, 2.05) is 0 Å². The minimum Gasteiger partial charge on any atom is -0.390 e. The van der Waals surface area contributed by atoms with Crippen LogP contribution in [0.4, 0.5) is 0 Å². The van der Waals surface area contributed by atoms with Gasteiger partial charge >= 0.3 is 0 Å². The quantitative estimate of drug-likeness (QED) is 0.669. The zero-order valence-corrected chi connectivity index (χ0v) is 12.0. The van der Waals surface area contributed by atoms with E-state index in [2.05, 4.69) is 26.1 Å². The van der Waals surface area contributed by atoms with Crippen LogP contribution in [0.15, 0.2) is 0 Å². The van der Waals surface area contributed by atoms with E-state index in [1.165, 1.54) is 32.1 Å². The summed E-state index contributed by atoms with van der Waals surface area (Å²) in [7, 11) is 0. The number of aliphatic hydroxyl groups is 1. The summed E-state index contributed by atoms with van der Waals surface area (Å²) < 4.78 is 0. The third-order valence-electron chi connectivity index (χ3n) is 4.05. The van der Waals surface area contributed by atoms with E-state index in [4.69, 9.17) is 0 Å². The molecule has 0 unspecified atom stereocenters. The predicted molar refractivity (Wildman–Crippen MR) is 74.2 cm³/mol. The molecule has 0 radical (unpaired) electrons. The fraction of sp³-hybridized carbons (Fsp3) is 1.00. The maximum atomic E-state index is 10.6. The van der Waals surface area contributed by atoms with Gasteiger partial charge in [0.2, 0.25) is 0 Å². The molecule has 2 nitrogen and oxygen atoms in total. The molecular weight excluding hydrogens is 210 g/mol. The predicted octanol–water partition coefficient (Wildman–Crippen LogP) is 3.49. The van der Waals surface area contributed by atoms with Crippen LogP contribution >= 0.6 is 0 Å². The van der Waals surface area contributed by atoms with E-state index in [0.717, 1.165) is 32.4 Å². The molecular formula is C15H31NO. The first-order chi connectivity index (χ1) is 7.97. The molecule has 0 atom stereocenters. The van der Waals surface area contributed by atoms with Gasteiger partial charge in [-0.2, -0.15) is 0 Å². The number of unbranched alkanes of at least 4 members (excludes halogenated alkanes) is 3. The van der Waals surface area contributed by atoms with Gasteiger partial charge in [0.25, 0.3) is 0 Å². The van der Waals surface area contributed by atoms with Gasteiger partial charge in [0.05, 0.1) is 5.60 Å². The second kappa shape index (κ2) is 6.75. The summed E-state index contributed by atoms with van der Waals surface area (Å²) in [4.78, 5) is 0. The molecule has 1 aliphatic heterocycles. The van der Waals surface area contributed by atoms with Crippen molar-refractivity contribution in [3.8, 4) is 0 Å². The van der Waals surface area contributed by atoms with Gasteiger partial charge in [-0.3, -0.25) is 0 Å². The number of nitrogens with one attached hydrogen (secondary N) is 1. The molecule has 0 aromatic carbocycles. The average molecular weight is 241 g/mol. The van der Waals surface area contributed by atoms with E-state index in [-0.39, 0.29) is 0 Å². The molecule has 2 heteroatoms. The van der Waals surface area contributed by atoms with Crippen LogP contribution in [0.1, 0.15) is 72.1 Å². The van der Waals surface area contributed by atoms with Crippen molar-refractivity contribution >= 4 is 0 Å². The zero-order chi connectivity index (χ0) is 12.8. The Labute approximate surface area is 107 Å². The largest absolute Gasteiger partial charge is 0.390 e. The summed E-state index contributed by atoms with van der Waals surface area (Å²) in [5.74, 6) is 0. The summed E-state index contributed by atoms with van der Waals surface area (Å²) in [6.07, 6.45) is 9.38. The first-order valence-corrected chi connectivity index (χ1v) is 7.41. The topological polar surface area (TPSA) is 32.3 Å². The molecule has 1 heterocycles. The number of rotatable bonds is 7. The van der Waals surface area contributed by atoms with Gasteiger partial charge in [-0.1, -0.05) is 46.5 Å². The van der Waals surface area contributed by atoms with Gasteiger partial charge in [0, 0.05) is 0 Å². The minimum atomic E-state index is -0.403. The van der Waals surface area contributed by atoms with E-state index >= 15 is 0 Å². The SMILES string of the molecule is CCCCCCC(C)(C)CC1(O)CCNCC1. The summed E-state index contributed by atoms with van der Waals surface area (Å²) in [6, 6.07) is 0. The van der Waals surface area contributed by atoms with Crippen molar-refractivity contribution in [1.29, 1.82) is 0 Å². The van der Waals surface area contributed by atoms with Gasteiger partial charge in [0.1, 0.15) is 0 Å². The van der Waals surface area contributed by atoms with Gasteiger partial charge in [-0.05, 0) is 44.2 Å². The highest BCUT2D eigenvalue weighted by molar-refractivity contribution is 4.89. The molecule has 102 valence electrons. The van der Waals surface area contributed by atoms with Crippen molar-refractivity contribution in [2.24, 2.45) is 5.41 Å². The van der Waals surface area contributed by atoms with Crippen molar-refractivity contribution in [3.05, 3.63) is 0 Å². The van der Waals surface area contributed by atoms with Crippen molar-refractivity contribution in [1.82, 2.24) is 5.32 Å². The standard InChI is InChI=1S/C15H31NO/c1-4-5-6-7-8-14(2,3)13-15(17)9-11-16-12-10-15/h16-17H,4-13H2,1-3H3. The maximum Gasteiger partial charge on any atom is 0.0677 e.